The lowest BCUT2D eigenvalue weighted by Gasteiger charge is -2.37. The van der Waals surface area contributed by atoms with Crippen LogP contribution >= 0.6 is 0 Å². The van der Waals surface area contributed by atoms with Crippen LogP contribution in [0.25, 0.3) is 0 Å². The molecule has 1 fully saturated rings. The summed E-state index contributed by atoms with van der Waals surface area (Å²) in [7, 11) is 0. The lowest BCUT2D eigenvalue weighted by atomic mass is 9.70. The van der Waals surface area contributed by atoms with E-state index in [4.69, 9.17) is 0 Å². The number of nitrogens with one attached hydrogen (secondary N) is 2. The fourth-order valence-electron chi connectivity index (χ4n) is 2.61. The second-order valence-corrected chi connectivity index (χ2v) is 5.13. The summed E-state index contributed by atoms with van der Waals surface area (Å²) in [4.78, 5) is 27.2. The lowest BCUT2D eigenvalue weighted by molar-refractivity contribution is 0.0185. The molecule has 1 aromatic heterocycles. The first kappa shape index (κ1) is 13.0. The van der Waals surface area contributed by atoms with Gasteiger partial charge in [-0.25, -0.2) is 4.79 Å². The molecule has 1 aromatic rings. The van der Waals surface area contributed by atoms with Gasteiger partial charge in [-0.15, -0.1) is 0 Å². The van der Waals surface area contributed by atoms with E-state index in [9.17, 15) is 19.8 Å². The number of H-pyrrole nitrogens is 2. The molecular formula is C12H18N2O4. The molecule has 1 aliphatic rings. The smallest absolute Gasteiger partial charge is 0.325 e. The molecule has 6 nitrogen and oxygen atoms in total. The van der Waals surface area contributed by atoms with Crippen LogP contribution in [0.15, 0.2) is 15.7 Å². The number of aromatic amines is 2. The predicted octanol–water partition coefficient (Wildman–Crippen LogP) is -0.308. The van der Waals surface area contributed by atoms with Crippen LogP contribution in [-0.4, -0.2) is 33.4 Å². The Hall–Kier alpha value is -1.40. The van der Waals surface area contributed by atoms with Crippen molar-refractivity contribution in [2.24, 2.45) is 5.41 Å². The number of hydrogen-bond donors (Lipinski definition) is 4. The van der Waals surface area contributed by atoms with Gasteiger partial charge < -0.3 is 15.2 Å². The molecule has 0 amide bonds. The average Bonchev–Trinajstić information content (AvgIpc) is 2.38. The Kier molecular flexibility index (Phi) is 3.68. The number of hydrogen-bond acceptors (Lipinski definition) is 4. The average molecular weight is 254 g/mol. The van der Waals surface area contributed by atoms with E-state index in [0.29, 0.717) is 18.5 Å². The van der Waals surface area contributed by atoms with Crippen LogP contribution < -0.4 is 11.2 Å². The molecule has 4 N–H and O–H groups in total. The minimum Gasteiger partial charge on any atom is -0.396 e. The summed E-state index contributed by atoms with van der Waals surface area (Å²) in [6, 6.07) is 1.41. The fourth-order valence-corrected chi connectivity index (χ4v) is 2.61. The van der Waals surface area contributed by atoms with Crippen LogP contribution in [0.3, 0.4) is 0 Å². The van der Waals surface area contributed by atoms with Gasteiger partial charge in [-0.2, -0.15) is 0 Å². The predicted molar refractivity (Wildman–Crippen MR) is 65.5 cm³/mol. The second kappa shape index (κ2) is 5.07. The molecule has 2 rings (SSSR count). The van der Waals surface area contributed by atoms with E-state index in [1.165, 1.54) is 6.07 Å². The van der Waals surface area contributed by atoms with Crippen LogP contribution in [0.2, 0.25) is 0 Å². The molecule has 0 atom stereocenters. The normalized spacial score (nSPS) is 19.9. The third kappa shape index (κ3) is 2.54. The fraction of sp³-hybridized carbons (Fsp3) is 0.667. The zero-order valence-electron chi connectivity index (χ0n) is 10.1. The highest BCUT2D eigenvalue weighted by Gasteiger charge is 2.35. The van der Waals surface area contributed by atoms with E-state index < -0.39 is 16.7 Å². The minimum atomic E-state index is -0.487. The maximum Gasteiger partial charge on any atom is 0.325 e. The van der Waals surface area contributed by atoms with Crippen molar-refractivity contribution in [3.05, 3.63) is 32.6 Å². The van der Waals surface area contributed by atoms with Gasteiger partial charge in [0.25, 0.3) is 5.56 Å². The molecule has 0 radical (unpaired) electrons. The molecule has 1 heterocycles. The summed E-state index contributed by atoms with van der Waals surface area (Å²) in [5.41, 5.74) is -0.639. The van der Waals surface area contributed by atoms with E-state index in [2.05, 4.69) is 9.97 Å². The van der Waals surface area contributed by atoms with E-state index in [0.717, 1.165) is 12.8 Å². The molecule has 0 bridgehead atoms. The molecule has 0 saturated heterocycles. The number of rotatable bonds is 3. The molecule has 18 heavy (non-hydrogen) atoms. The molecule has 6 heteroatoms. The Bertz CT molecular complexity index is 477. The largest absolute Gasteiger partial charge is 0.396 e. The quantitative estimate of drug-likeness (QED) is 0.593. The zero-order valence-corrected chi connectivity index (χ0v) is 10.1. The van der Waals surface area contributed by atoms with Gasteiger partial charge >= 0.3 is 5.69 Å². The first-order chi connectivity index (χ1) is 8.58. The van der Waals surface area contributed by atoms with Gasteiger partial charge in [0.05, 0.1) is 13.2 Å². The molecule has 1 saturated carbocycles. The molecule has 0 unspecified atom stereocenters. The monoisotopic (exact) mass is 254 g/mol. The number of aromatic nitrogens is 2. The van der Waals surface area contributed by atoms with Gasteiger partial charge in [-0.1, -0.05) is 0 Å². The topological polar surface area (TPSA) is 106 Å². The first-order valence-electron chi connectivity index (χ1n) is 6.14. The highest BCUT2D eigenvalue weighted by atomic mass is 16.3. The van der Waals surface area contributed by atoms with E-state index in [-0.39, 0.29) is 19.1 Å². The van der Waals surface area contributed by atoms with Crippen LogP contribution in [0.1, 0.15) is 37.3 Å². The van der Waals surface area contributed by atoms with Crippen molar-refractivity contribution in [1.82, 2.24) is 9.97 Å². The molecule has 0 aliphatic heterocycles. The van der Waals surface area contributed by atoms with Gasteiger partial charge in [0.1, 0.15) is 0 Å². The van der Waals surface area contributed by atoms with Crippen LogP contribution in [0, 0.1) is 5.41 Å². The highest BCUT2D eigenvalue weighted by molar-refractivity contribution is 5.08. The Morgan fingerprint density at radius 2 is 1.78 bits per heavy atom. The van der Waals surface area contributed by atoms with Crippen molar-refractivity contribution in [2.75, 3.05) is 13.2 Å². The number of aliphatic hydroxyl groups excluding tert-OH is 2. The Labute approximate surface area is 104 Å². The minimum absolute atomic E-state index is 0.0257. The maximum absolute atomic E-state index is 11.2. The van der Waals surface area contributed by atoms with E-state index in [1.54, 1.807) is 0 Å². The number of aliphatic hydroxyl groups is 2. The summed E-state index contributed by atoms with van der Waals surface area (Å²) in [5, 5.41) is 18.6. The van der Waals surface area contributed by atoms with Crippen molar-refractivity contribution in [2.45, 2.75) is 31.6 Å². The van der Waals surface area contributed by atoms with Gasteiger partial charge in [0.15, 0.2) is 0 Å². The second-order valence-electron chi connectivity index (χ2n) is 5.13. The summed E-state index contributed by atoms with van der Waals surface area (Å²) in [6.45, 7) is -0.0514. The Morgan fingerprint density at radius 3 is 2.28 bits per heavy atom. The van der Waals surface area contributed by atoms with Crippen LogP contribution in [-0.2, 0) is 0 Å². The SMILES string of the molecule is O=c1cc(C2CCC(CO)(CO)CC2)[nH]c(=O)[nH]1. The van der Waals surface area contributed by atoms with Crippen molar-refractivity contribution in [1.29, 1.82) is 0 Å². The third-order valence-corrected chi connectivity index (χ3v) is 3.94. The van der Waals surface area contributed by atoms with Crippen LogP contribution in [0.5, 0.6) is 0 Å². The van der Waals surface area contributed by atoms with Gasteiger partial charge in [0.2, 0.25) is 0 Å². The van der Waals surface area contributed by atoms with Crippen molar-refractivity contribution < 1.29 is 10.2 Å². The summed E-state index contributed by atoms with van der Waals surface area (Å²) < 4.78 is 0. The van der Waals surface area contributed by atoms with E-state index in [1.807, 2.05) is 0 Å². The van der Waals surface area contributed by atoms with Gasteiger partial charge in [-0.3, -0.25) is 9.78 Å². The zero-order chi connectivity index (χ0) is 13.2. The summed E-state index contributed by atoms with van der Waals surface area (Å²) in [6.07, 6.45) is 2.89. The molecule has 100 valence electrons. The van der Waals surface area contributed by atoms with Crippen LogP contribution in [0.4, 0.5) is 0 Å². The Morgan fingerprint density at radius 1 is 1.17 bits per heavy atom. The third-order valence-electron chi connectivity index (χ3n) is 3.94. The van der Waals surface area contributed by atoms with Crippen molar-refractivity contribution in [3.63, 3.8) is 0 Å². The molecule has 1 aliphatic carbocycles. The standard InChI is InChI=1S/C12H18N2O4/c15-6-12(7-16)3-1-8(2-4-12)9-5-10(17)14-11(18)13-9/h5,8,15-16H,1-4,6-7H2,(H2,13,14,17,18). The van der Waals surface area contributed by atoms with E-state index >= 15 is 0 Å². The lowest BCUT2D eigenvalue weighted by Crippen LogP contribution is -2.35. The van der Waals surface area contributed by atoms with Gasteiger partial charge in [-0.05, 0) is 31.6 Å². The highest BCUT2D eigenvalue weighted by Crippen LogP contribution is 2.41. The van der Waals surface area contributed by atoms with Crippen molar-refractivity contribution in [3.8, 4) is 0 Å². The Balaban J connectivity index is 2.14. The van der Waals surface area contributed by atoms with Crippen molar-refractivity contribution >= 4 is 0 Å². The summed E-state index contributed by atoms with van der Waals surface area (Å²) in [5.74, 6) is 0.117. The first-order valence-corrected chi connectivity index (χ1v) is 6.14. The molecule has 0 aromatic carbocycles. The summed E-state index contributed by atoms with van der Waals surface area (Å²) >= 11 is 0. The maximum atomic E-state index is 11.2. The molecular weight excluding hydrogens is 236 g/mol. The van der Waals surface area contributed by atoms with Gasteiger partial charge in [0, 0.05) is 17.2 Å². The molecule has 0 spiro atoms.